The van der Waals surface area contributed by atoms with Gasteiger partial charge in [-0.1, -0.05) is 12.2 Å². The zero-order chi connectivity index (χ0) is 7.78. The molecule has 0 unspecified atom stereocenters. The van der Waals surface area contributed by atoms with Gasteiger partial charge in [0.2, 0.25) is 0 Å². The van der Waals surface area contributed by atoms with E-state index in [0.717, 1.165) is 0 Å². The standard InChI is InChI=1S/C8H11BrO/c1-6-4-5-7(2)8(6,9)10-3/h4-5H,1-3H3. The van der Waals surface area contributed by atoms with Gasteiger partial charge in [0.05, 0.1) is 0 Å². The van der Waals surface area contributed by atoms with E-state index in [2.05, 4.69) is 28.1 Å². The first-order chi connectivity index (χ1) is 4.61. The number of alkyl halides is 1. The Kier molecular flexibility index (Phi) is 2.02. The number of rotatable bonds is 1. The van der Waals surface area contributed by atoms with Crippen LogP contribution < -0.4 is 0 Å². The first-order valence-electron chi connectivity index (χ1n) is 3.21. The Bertz CT molecular complexity index is 185. The molecule has 0 amide bonds. The Balaban J connectivity index is 2.95. The maximum Gasteiger partial charge on any atom is 0.165 e. The van der Waals surface area contributed by atoms with Crippen molar-refractivity contribution in [2.24, 2.45) is 0 Å². The Morgan fingerprint density at radius 2 is 1.70 bits per heavy atom. The van der Waals surface area contributed by atoms with E-state index < -0.39 is 0 Å². The normalized spacial score (nSPS) is 22.4. The van der Waals surface area contributed by atoms with Crippen molar-refractivity contribution in [2.75, 3.05) is 7.11 Å². The van der Waals surface area contributed by atoms with Crippen LogP contribution in [0.2, 0.25) is 0 Å². The molecule has 0 aromatic carbocycles. The van der Waals surface area contributed by atoms with Gasteiger partial charge in [0.15, 0.2) is 4.51 Å². The minimum atomic E-state index is -0.312. The van der Waals surface area contributed by atoms with Crippen LogP contribution >= 0.6 is 15.9 Å². The predicted octanol–water partition coefficient (Wildman–Crippen LogP) is 2.63. The Labute approximate surface area is 69.9 Å². The topological polar surface area (TPSA) is 9.23 Å². The summed E-state index contributed by atoms with van der Waals surface area (Å²) in [6.07, 6.45) is 4.13. The van der Waals surface area contributed by atoms with E-state index in [0.29, 0.717) is 0 Å². The van der Waals surface area contributed by atoms with E-state index in [-0.39, 0.29) is 4.51 Å². The van der Waals surface area contributed by atoms with E-state index in [1.165, 1.54) is 11.1 Å². The maximum atomic E-state index is 5.30. The fourth-order valence-electron chi connectivity index (χ4n) is 1.10. The highest BCUT2D eigenvalue weighted by Crippen LogP contribution is 2.39. The lowest BCUT2D eigenvalue weighted by molar-refractivity contribution is 0.139. The van der Waals surface area contributed by atoms with Crippen molar-refractivity contribution in [3.05, 3.63) is 23.3 Å². The molecule has 1 rings (SSSR count). The maximum absolute atomic E-state index is 5.30. The molecular formula is C8H11BrO. The molecule has 0 saturated heterocycles. The molecule has 0 aliphatic heterocycles. The van der Waals surface area contributed by atoms with Crippen LogP contribution in [0.5, 0.6) is 0 Å². The lowest BCUT2D eigenvalue weighted by Gasteiger charge is -2.24. The van der Waals surface area contributed by atoms with Gasteiger partial charge in [-0.2, -0.15) is 0 Å². The van der Waals surface area contributed by atoms with Crippen molar-refractivity contribution >= 4 is 15.9 Å². The highest BCUT2D eigenvalue weighted by Gasteiger charge is 2.32. The molecular weight excluding hydrogens is 192 g/mol. The minimum absolute atomic E-state index is 0.312. The molecule has 0 aromatic rings. The molecule has 2 heteroatoms. The number of hydrogen-bond acceptors (Lipinski definition) is 1. The molecule has 0 heterocycles. The van der Waals surface area contributed by atoms with Crippen LogP contribution in [-0.4, -0.2) is 11.6 Å². The van der Waals surface area contributed by atoms with E-state index in [1.807, 2.05) is 13.8 Å². The van der Waals surface area contributed by atoms with E-state index >= 15 is 0 Å². The quantitative estimate of drug-likeness (QED) is 0.595. The SMILES string of the molecule is COC1(Br)C(C)=CC=C1C. The molecule has 0 spiro atoms. The lowest BCUT2D eigenvalue weighted by Crippen LogP contribution is -2.23. The number of ether oxygens (including phenoxy) is 1. The van der Waals surface area contributed by atoms with Gasteiger partial charge in [0.1, 0.15) is 0 Å². The summed E-state index contributed by atoms with van der Waals surface area (Å²) in [5.74, 6) is 0. The molecule has 1 aliphatic carbocycles. The fraction of sp³-hybridized carbons (Fsp3) is 0.500. The van der Waals surface area contributed by atoms with Gasteiger partial charge in [0.25, 0.3) is 0 Å². The monoisotopic (exact) mass is 202 g/mol. The second-order valence-corrected chi connectivity index (χ2v) is 3.62. The van der Waals surface area contributed by atoms with Crippen molar-refractivity contribution in [3.8, 4) is 0 Å². The molecule has 56 valence electrons. The summed E-state index contributed by atoms with van der Waals surface area (Å²) in [4.78, 5) is 0. The Hall–Kier alpha value is -0.0800. The van der Waals surface area contributed by atoms with Crippen molar-refractivity contribution in [3.63, 3.8) is 0 Å². The molecule has 10 heavy (non-hydrogen) atoms. The predicted molar refractivity (Wildman–Crippen MR) is 46.2 cm³/mol. The average Bonchev–Trinajstić information content (AvgIpc) is 2.18. The molecule has 0 fully saturated rings. The summed E-state index contributed by atoms with van der Waals surface area (Å²) < 4.78 is 4.99. The molecule has 0 atom stereocenters. The van der Waals surface area contributed by atoms with Crippen LogP contribution in [0, 0.1) is 0 Å². The van der Waals surface area contributed by atoms with Crippen molar-refractivity contribution in [2.45, 2.75) is 18.4 Å². The van der Waals surface area contributed by atoms with Crippen molar-refractivity contribution in [1.29, 1.82) is 0 Å². The second-order valence-electron chi connectivity index (χ2n) is 2.50. The van der Waals surface area contributed by atoms with Gasteiger partial charge in [0, 0.05) is 7.11 Å². The molecule has 0 bridgehead atoms. The molecule has 0 saturated carbocycles. The minimum Gasteiger partial charge on any atom is -0.359 e. The van der Waals surface area contributed by atoms with Crippen LogP contribution in [-0.2, 0) is 4.74 Å². The average molecular weight is 203 g/mol. The zero-order valence-electron chi connectivity index (χ0n) is 6.44. The highest BCUT2D eigenvalue weighted by molar-refractivity contribution is 9.10. The van der Waals surface area contributed by atoms with Gasteiger partial charge in [-0.15, -0.1) is 0 Å². The van der Waals surface area contributed by atoms with Gasteiger partial charge < -0.3 is 4.74 Å². The van der Waals surface area contributed by atoms with Crippen LogP contribution in [0.3, 0.4) is 0 Å². The van der Waals surface area contributed by atoms with E-state index in [1.54, 1.807) is 7.11 Å². The number of hydrogen-bond donors (Lipinski definition) is 0. The van der Waals surface area contributed by atoms with E-state index in [9.17, 15) is 0 Å². The third-order valence-electron chi connectivity index (χ3n) is 1.88. The van der Waals surface area contributed by atoms with Gasteiger partial charge >= 0.3 is 0 Å². The summed E-state index contributed by atoms with van der Waals surface area (Å²) in [5, 5.41) is 0. The van der Waals surface area contributed by atoms with Crippen molar-refractivity contribution < 1.29 is 4.74 Å². The third kappa shape index (κ3) is 0.956. The van der Waals surface area contributed by atoms with Crippen LogP contribution in [0.4, 0.5) is 0 Å². The molecule has 1 nitrogen and oxygen atoms in total. The molecule has 0 radical (unpaired) electrons. The third-order valence-corrected chi connectivity index (χ3v) is 3.45. The van der Waals surface area contributed by atoms with Crippen LogP contribution in [0.15, 0.2) is 23.3 Å². The first-order valence-corrected chi connectivity index (χ1v) is 4.01. The Morgan fingerprint density at radius 1 is 1.30 bits per heavy atom. The zero-order valence-corrected chi connectivity index (χ0v) is 8.03. The number of allylic oxidation sites excluding steroid dienone is 2. The molecule has 0 N–H and O–H groups in total. The largest absolute Gasteiger partial charge is 0.359 e. The van der Waals surface area contributed by atoms with Gasteiger partial charge in [-0.25, -0.2) is 0 Å². The summed E-state index contributed by atoms with van der Waals surface area (Å²) in [6, 6.07) is 0. The lowest BCUT2D eigenvalue weighted by atomic mass is 10.1. The van der Waals surface area contributed by atoms with E-state index in [4.69, 9.17) is 4.74 Å². The highest BCUT2D eigenvalue weighted by atomic mass is 79.9. The number of halogens is 1. The summed E-state index contributed by atoms with van der Waals surface area (Å²) in [7, 11) is 1.70. The molecule has 0 aromatic heterocycles. The molecule has 1 aliphatic rings. The van der Waals surface area contributed by atoms with Gasteiger partial charge in [-0.05, 0) is 40.9 Å². The second kappa shape index (κ2) is 2.51. The summed E-state index contributed by atoms with van der Waals surface area (Å²) in [5.41, 5.74) is 2.40. The summed E-state index contributed by atoms with van der Waals surface area (Å²) >= 11 is 3.52. The van der Waals surface area contributed by atoms with Crippen LogP contribution in [0.25, 0.3) is 0 Å². The summed E-state index contributed by atoms with van der Waals surface area (Å²) in [6.45, 7) is 4.09. The van der Waals surface area contributed by atoms with Crippen molar-refractivity contribution in [1.82, 2.24) is 0 Å². The smallest absolute Gasteiger partial charge is 0.165 e. The first kappa shape index (κ1) is 8.02. The fourth-order valence-corrected chi connectivity index (χ4v) is 1.36. The van der Waals surface area contributed by atoms with Gasteiger partial charge in [-0.3, -0.25) is 0 Å². The van der Waals surface area contributed by atoms with Crippen LogP contribution in [0.1, 0.15) is 13.8 Å². The number of methoxy groups -OCH3 is 1. The Morgan fingerprint density at radius 3 is 1.90 bits per heavy atom.